The lowest BCUT2D eigenvalue weighted by atomic mass is 9.89. The highest BCUT2D eigenvalue weighted by molar-refractivity contribution is 5.26. The van der Waals surface area contributed by atoms with E-state index in [9.17, 15) is 0 Å². The van der Waals surface area contributed by atoms with Crippen LogP contribution in [0.15, 0.2) is 24.3 Å². The first kappa shape index (κ1) is 15.5. The fraction of sp³-hybridized carbons (Fsp3) is 0.667. The van der Waals surface area contributed by atoms with Crippen LogP contribution in [0.3, 0.4) is 0 Å². The summed E-state index contributed by atoms with van der Waals surface area (Å²) in [6, 6.07) is 9.91. The normalized spacial score (nSPS) is 20.8. The first-order valence-electron chi connectivity index (χ1n) is 8.05. The first-order valence-corrected chi connectivity index (χ1v) is 8.05. The number of aryl methyl sites for hydroxylation is 1. The highest BCUT2D eigenvalue weighted by atomic mass is 15.1. The minimum atomic E-state index is 0.547. The molecule has 2 atom stereocenters. The summed E-state index contributed by atoms with van der Waals surface area (Å²) in [5.41, 5.74) is 2.89. The Hall–Kier alpha value is -0.860. The Labute approximate surface area is 124 Å². The van der Waals surface area contributed by atoms with E-state index in [1.807, 2.05) is 0 Å². The molecule has 1 aromatic rings. The SMILES string of the molecule is Cc1ccccc1CC(C)NC(C)C1CCN(C)CC1. The van der Waals surface area contributed by atoms with Gasteiger partial charge in [-0.15, -0.1) is 0 Å². The largest absolute Gasteiger partial charge is 0.311 e. The Morgan fingerprint density at radius 1 is 1.20 bits per heavy atom. The summed E-state index contributed by atoms with van der Waals surface area (Å²) in [6.45, 7) is 9.40. The fourth-order valence-electron chi connectivity index (χ4n) is 3.34. The van der Waals surface area contributed by atoms with Gasteiger partial charge >= 0.3 is 0 Å². The van der Waals surface area contributed by atoms with Gasteiger partial charge in [-0.1, -0.05) is 24.3 Å². The number of hydrogen-bond donors (Lipinski definition) is 1. The van der Waals surface area contributed by atoms with Gasteiger partial charge in [-0.3, -0.25) is 0 Å². The average Bonchev–Trinajstić information content (AvgIpc) is 2.42. The standard InChI is InChI=1S/C18H30N2/c1-14-7-5-6-8-18(14)13-15(2)19-16(3)17-9-11-20(4)12-10-17/h5-8,15-17,19H,9-13H2,1-4H3. The van der Waals surface area contributed by atoms with E-state index in [0.29, 0.717) is 12.1 Å². The zero-order valence-corrected chi connectivity index (χ0v) is 13.5. The van der Waals surface area contributed by atoms with Crippen molar-refractivity contribution >= 4 is 0 Å². The first-order chi connectivity index (χ1) is 9.56. The number of likely N-dealkylation sites (tertiary alicyclic amines) is 1. The molecule has 2 heteroatoms. The molecule has 20 heavy (non-hydrogen) atoms. The minimum absolute atomic E-state index is 0.547. The number of benzene rings is 1. The van der Waals surface area contributed by atoms with Crippen LogP contribution in [0.2, 0.25) is 0 Å². The molecule has 0 saturated carbocycles. The summed E-state index contributed by atoms with van der Waals surface area (Å²) in [5, 5.41) is 3.82. The van der Waals surface area contributed by atoms with E-state index in [-0.39, 0.29) is 0 Å². The van der Waals surface area contributed by atoms with Crippen LogP contribution in [0.25, 0.3) is 0 Å². The minimum Gasteiger partial charge on any atom is -0.311 e. The molecule has 0 aromatic heterocycles. The predicted octanol–water partition coefficient (Wildman–Crippen LogP) is 3.25. The lowest BCUT2D eigenvalue weighted by Crippen LogP contribution is -2.44. The molecule has 2 unspecified atom stereocenters. The molecule has 1 aliphatic rings. The molecule has 0 amide bonds. The van der Waals surface area contributed by atoms with E-state index in [2.05, 4.69) is 62.3 Å². The van der Waals surface area contributed by atoms with Crippen molar-refractivity contribution in [1.29, 1.82) is 0 Å². The monoisotopic (exact) mass is 274 g/mol. The van der Waals surface area contributed by atoms with Gasteiger partial charge in [0.05, 0.1) is 0 Å². The molecule has 1 heterocycles. The van der Waals surface area contributed by atoms with Crippen molar-refractivity contribution in [3.63, 3.8) is 0 Å². The van der Waals surface area contributed by atoms with Crippen LogP contribution in [-0.4, -0.2) is 37.1 Å². The number of hydrogen-bond acceptors (Lipinski definition) is 2. The Morgan fingerprint density at radius 3 is 2.50 bits per heavy atom. The summed E-state index contributed by atoms with van der Waals surface area (Å²) < 4.78 is 0. The number of piperidine rings is 1. The van der Waals surface area contributed by atoms with E-state index >= 15 is 0 Å². The molecule has 1 N–H and O–H groups in total. The van der Waals surface area contributed by atoms with Gasteiger partial charge in [-0.2, -0.15) is 0 Å². The van der Waals surface area contributed by atoms with Crippen LogP contribution in [0.4, 0.5) is 0 Å². The second kappa shape index (κ2) is 7.24. The zero-order chi connectivity index (χ0) is 14.5. The third-order valence-electron chi connectivity index (χ3n) is 4.81. The van der Waals surface area contributed by atoms with Gasteiger partial charge in [-0.05, 0) is 77.2 Å². The van der Waals surface area contributed by atoms with Crippen LogP contribution >= 0.6 is 0 Å². The van der Waals surface area contributed by atoms with E-state index in [1.54, 1.807) is 0 Å². The lowest BCUT2D eigenvalue weighted by Gasteiger charge is -2.34. The highest BCUT2D eigenvalue weighted by Crippen LogP contribution is 2.20. The third-order valence-corrected chi connectivity index (χ3v) is 4.81. The molecule has 0 bridgehead atoms. The molecular formula is C18H30N2. The molecule has 1 aliphatic heterocycles. The van der Waals surface area contributed by atoms with Gasteiger partial charge in [0, 0.05) is 12.1 Å². The maximum atomic E-state index is 3.82. The maximum absolute atomic E-state index is 3.82. The molecule has 1 fully saturated rings. The summed E-state index contributed by atoms with van der Waals surface area (Å²) in [7, 11) is 2.23. The molecule has 112 valence electrons. The van der Waals surface area contributed by atoms with Crippen LogP contribution in [0, 0.1) is 12.8 Å². The summed E-state index contributed by atoms with van der Waals surface area (Å²) >= 11 is 0. The molecule has 0 aliphatic carbocycles. The van der Waals surface area contributed by atoms with Crippen molar-refractivity contribution in [3.05, 3.63) is 35.4 Å². The Kier molecular flexibility index (Phi) is 5.62. The van der Waals surface area contributed by atoms with Crippen molar-refractivity contribution in [2.45, 2.75) is 52.1 Å². The van der Waals surface area contributed by atoms with E-state index in [1.165, 1.54) is 37.1 Å². The Balaban J connectivity index is 1.82. The summed E-state index contributed by atoms with van der Waals surface area (Å²) in [4.78, 5) is 2.44. The van der Waals surface area contributed by atoms with Gasteiger partial charge in [0.15, 0.2) is 0 Å². The smallest absolute Gasteiger partial charge is 0.00818 e. The number of nitrogens with one attached hydrogen (secondary N) is 1. The molecule has 1 saturated heterocycles. The molecule has 0 radical (unpaired) electrons. The van der Waals surface area contributed by atoms with Crippen LogP contribution in [0.5, 0.6) is 0 Å². The maximum Gasteiger partial charge on any atom is 0.00818 e. The third kappa shape index (κ3) is 4.32. The van der Waals surface area contributed by atoms with Crippen molar-refractivity contribution < 1.29 is 0 Å². The molecule has 1 aromatic carbocycles. The second-order valence-electron chi connectivity index (χ2n) is 6.63. The number of nitrogens with zero attached hydrogens (tertiary/aromatic N) is 1. The van der Waals surface area contributed by atoms with Crippen molar-refractivity contribution in [3.8, 4) is 0 Å². The van der Waals surface area contributed by atoms with Gasteiger partial charge in [0.1, 0.15) is 0 Å². The summed E-state index contributed by atoms with van der Waals surface area (Å²) in [6.07, 6.45) is 3.80. The fourth-order valence-corrected chi connectivity index (χ4v) is 3.34. The van der Waals surface area contributed by atoms with Crippen molar-refractivity contribution in [2.24, 2.45) is 5.92 Å². The van der Waals surface area contributed by atoms with E-state index in [4.69, 9.17) is 0 Å². The molecular weight excluding hydrogens is 244 g/mol. The summed E-state index contributed by atoms with van der Waals surface area (Å²) in [5.74, 6) is 0.838. The molecule has 0 spiro atoms. The Morgan fingerprint density at radius 2 is 1.85 bits per heavy atom. The highest BCUT2D eigenvalue weighted by Gasteiger charge is 2.23. The Bertz CT molecular complexity index is 408. The van der Waals surface area contributed by atoms with Crippen LogP contribution < -0.4 is 5.32 Å². The van der Waals surface area contributed by atoms with Gasteiger partial charge in [-0.25, -0.2) is 0 Å². The predicted molar refractivity (Wildman–Crippen MR) is 87.2 cm³/mol. The number of rotatable bonds is 5. The van der Waals surface area contributed by atoms with Crippen molar-refractivity contribution in [1.82, 2.24) is 10.2 Å². The molecule has 2 nitrogen and oxygen atoms in total. The lowest BCUT2D eigenvalue weighted by molar-refractivity contribution is 0.185. The van der Waals surface area contributed by atoms with Gasteiger partial charge in [0.25, 0.3) is 0 Å². The van der Waals surface area contributed by atoms with E-state index in [0.717, 1.165) is 12.3 Å². The quantitative estimate of drug-likeness (QED) is 0.886. The van der Waals surface area contributed by atoms with Crippen LogP contribution in [-0.2, 0) is 6.42 Å². The zero-order valence-electron chi connectivity index (χ0n) is 13.5. The van der Waals surface area contributed by atoms with Crippen molar-refractivity contribution in [2.75, 3.05) is 20.1 Å². The van der Waals surface area contributed by atoms with E-state index < -0.39 is 0 Å². The van der Waals surface area contributed by atoms with Crippen LogP contribution in [0.1, 0.15) is 37.8 Å². The van der Waals surface area contributed by atoms with Gasteiger partial charge < -0.3 is 10.2 Å². The molecule has 2 rings (SSSR count). The topological polar surface area (TPSA) is 15.3 Å². The van der Waals surface area contributed by atoms with Gasteiger partial charge in [0.2, 0.25) is 0 Å². The average molecular weight is 274 g/mol. The second-order valence-corrected chi connectivity index (χ2v) is 6.63.